The summed E-state index contributed by atoms with van der Waals surface area (Å²) in [5.41, 5.74) is 0. The predicted molar refractivity (Wildman–Crippen MR) is 100 cm³/mol. The summed E-state index contributed by atoms with van der Waals surface area (Å²) in [5, 5.41) is 6.32. The van der Waals surface area contributed by atoms with Crippen LogP contribution in [0.2, 0.25) is 0 Å². The molecule has 9 heteroatoms. The first kappa shape index (κ1) is 18.8. The molecule has 2 amide bonds. The third-order valence-corrected chi connectivity index (χ3v) is 4.41. The van der Waals surface area contributed by atoms with Crippen LogP contribution in [0.5, 0.6) is 0 Å². The highest BCUT2D eigenvalue weighted by Gasteiger charge is 2.22. The molecule has 2 aromatic heterocycles. The van der Waals surface area contributed by atoms with Crippen molar-refractivity contribution in [2.24, 2.45) is 0 Å². The van der Waals surface area contributed by atoms with E-state index in [4.69, 9.17) is 4.52 Å². The molecule has 3 rings (SSSR count). The lowest BCUT2D eigenvalue weighted by atomic mass is 10.3. The first-order valence-corrected chi connectivity index (χ1v) is 8.87. The first-order valence-electron chi connectivity index (χ1n) is 8.87. The molecule has 0 unspecified atom stereocenters. The molecule has 0 radical (unpaired) electrons. The molecular weight excluding hydrogens is 348 g/mol. The van der Waals surface area contributed by atoms with Gasteiger partial charge in [0.2, 0.25) is 11.8 Å². The maximum absolute atomic E-state index is 12.4. The molecule has 0 saturated carbocycles. The first-order chi connectivity index (χ1) is 13.0. The molecule has 0 atom stereocenters. The van der Waals surface area contributed by atoms with Gasteiger partial charge in [0.1, 0.15) is 11.6 Å². The lowest BCUT2D eigenvalue weighted by molar-refractivity contribution is -0.134. The summed E-state index contributed by atoms with van der Waals surface area (Å²) in [7, 11) is 1.63. The summed E-state index contributed by atoms with van der Waals surface area (Å²) in [6.07, 6.45) is 1.78. The number of aromatic nitrogens is 2. The molecule has 0 bridgehead atoms. The molecule has 0 spiro atoms. The van der Waals surface area contributed by atoms with Gasteiger partial charge >= 0.3 is 0 Å². The Balaban J connectivity index is 1.41. The van der Waals surface area contributed by atoms with Crippen molar-refractivity contribution < 1.29 is 14.1 Å². The number of likely N-dealkylation sites (N-methyl/N-ethyl adjacent to an activating group) is 1. The van der Waals surface area contributed by atoms with Crippen LogP contribution in [-0.2, 0) is 9.59 Å². The second kappa shape index (κ2) is 8.63. The third kappa shape index (κ3) is 5.27. The van der Waals surface area contributed by atoms with E-state index in [9.17, 15) is 9.59 Å². The zero-order chi connectivity index (χ0) is 19.2. The number of amides is 2. The Morgan fingerprint density at radius 3 is 2.67 bits per heavy atom. The van der Waals surface area contributed by atoms with E-state index >= 15 is 0 Å². The van der Waals surface area contributed by atoms with Gasteiger partial charge in [-0.05, 0) is 19.1 Å². The van der Waals surface area contributed by atoms with Crippen LogP contribution in [0.4, 0.5) is 11.6 Å². The highest BCUT2D eigenvalue weighted by Crippen LogP contribution is 2.12. The Kier molecular flexibility index (Phi) is 6.02. The summed E-state index contributed by atoms with van der Waals surface area (Å²) in [4.78, 5) is 34.5. The molecule has 1 saturated heterocycles. The molecule has 1 aliphatic heterocycles. The maximum Gasteiger partial charge on any atom is 0.245 e. The quantitative estimate of drug-likeness (QED) is 0.793. The van der Waals surface area contributed by atoms with Crippen molar-refractivity contribution in [2.45, 2.75) is 6.92 Å². The molecular formula is C18H24N6O3. The van der Waals surface area contributed by atoms with Crippen LogP contribution < -0.4 is 10.2 Å². The average Bonchev–Trinajstić information content (AvgIpc) is 3.07. The van der Waals surface area contributed by atoms with Crippen molar-refractivity contribution in [2.75, 3.05) is 56.5 Å². The van der Waals surface area contributed by atoms with E-state index in [1.807, 2.05) is 18.2 Å². The minimum Gasteiger partial charge on any atom is -0.360 e. The van der Waals surface area contributed by atoms with Gasteiger partial charge in [0.05, 0.1) is 13.1 Å². The number of anilines is 2. The number of nitrogens with zero attached hydrogens (tertiary/aromatic N) is 5. The fourth-order valence-corrected chi connectivity index (χ4v) is 2.90. The Morgan fingerprint density at radius 2 is 2.04 bits per heavy atom. The van der Waals surface area contributed by atoms with E-state index < -0.39 is 0 Å². The number of rotatable bonds is 6. The molecule has 3 heterocycles. The third-order valence-electron chi connectivity index (χ3n) is 4.41. The summed E-state index contributed by atoms with van der Waals surface area (Å²) in [6, 6.07) is 7.48. The van der Waals surface area contributed by atoms with Crippen molar-refractivity contribution in [1.29, 1.82) is 0 Å². The molecule has 2 aromatic rings. The number of hydrogen-bond acceptors (Lipinski definition) is 7. The van der Waals surface area contributed by atoms with Crippen LogP contribution in [-0.4, -0.2) is 78.1 Å². The van der Waals surface area contributed by atoms with Gasteiger partial charge in [-0.15, -0.1) is 0 Å². The second-order valence-corrected chi connectivity index (χ2v) is 6.57. The largest absolute Gasteiger partial charge is 0.360 e. The molecule has 1 N–H and O–H groups in total. The average molecular weight is 372 g/mol. The SMILES string of the molecule is Cc1cc(NC(=O)CN(C)C(=O)CN2CCN(c3ccccn3)CC2)no1. The van der Waals surface area contributed by atoms with Gasteiger partial charge in [-0.2, -0.15) is 0 Å². The monoisotopic (exact) mass is 372 g/mol. The highest BCUT2D eigenvalue weighted by atomic mass is 16.5. The zero-order valence-corrected chi connectivity index (χ0v) is 15.6. The van der Waals surface area contributed by atoms with E-state index in [0.717, 1.165) is 32.0 Å². The van der Waals surface area contributed by atoms with Crippen LogP contribution >= 0.6 is 0 Å². The van der Waals surface area contributed by atoms with Crippen molar-refractivity contribution in [3.05, 3.63) is 36.2 Å². The number of carbonyl (C=O) groups is 2. The summed E-state index contributed by atoms with van der Waals surface area (Å²) in [5.74, 6) is 1.52. The smallest absolute Gasteiger partial charge is 0.245 e. The van der Waals surface area contributed by atoms with Gasteiger partial charge in [-0.1, -0.05) is 11.2 Å². The molecule has 1 aliphatic rings. The van der Waals surface area contributed by atoms with Crippen LogP contribution in [0.25, 0.3) is 0 Å². The molecule has 9 nitrogen and oxygen atoms in total. The normalized spacial score (nSPS) is 14.8. The van der Waals surface area contributed by atoms with Gasteiger partial charge in [0, 0.05) is 45.5 Å². The molecule has 144 valence electrons. The van der Waals surface area contributed by atoms with Crippen LogP contribution in [0.1, 0.15) is 5.76 Å². The fourth-order valence-electron chi connectivity index (χ4n) is 2.90. The Labute approximate surface area is 157 Å². The predicted octanol–water partition coefficient (Wildman–Crippen LogP) is 0.597. The van der Waals surface area contributed by atoms with Gasteiger partial charge in [-0.3, -0.25) is 14.5 Å². The summed E-state index contributed by atoms with van der Waals surface area (Å²) in [6.45, 7) is 5.20. The highest BCUT2D eigenvalue weighted by molar-refractivity contribution is 5.93. The number of aryl methyl sites for hydroxylation is 1. The lowest BCUT2D eigenvalue weighted by Gasteiger charge is -2.35. The number of piperazine rings is 1. The van der Waals surface area contributed by atoms with Gasteiger partial charge in [-0.25, -0.2) is 4.98 Å². The number of hydrogen-bond donors (Lipinski definition) is 1. The van der Waals surface area contributed by atoms with E-state index in [1.54, 1.807) is 26.2 Å². The molecule has 0 aliphatic carbocycles. The minimum absolute atomic E-state index is 0.0291. The maximum atomic E-state index is 12.4. The van der Waals surface area contributed by atoms with Crippen molar-refractivity contribution >= 4 is 23.5 Å². The van der Waals surface area contributed by atoms with Gasteiger partial charge in [0.15, 0.2) is 5.82 Å². The lowest BCUT2D eigenvalue weighted by Crippen LogP contribution is -2.50. The molecule has 27 heavy (non-hydrogen) atoms. The van der Waals surface area contributed by atoms with E-state index in [1.165, 1.54) is 4.90 Å². The Bertz CT molecular complexity index is 770. The van der Waals surface area contributed by atoms with Crippen molar-refractivity contribution in [3.8, 4) is 0 Å². The van der Waals surface area contributed by atoms with Crippen molar-refractivity contribution in [3.63, 3.8) is 0 Å². The topological polar surface area (TPSA) is 94.8 Å². The molecule has 0 aromatic carbocycles. The van der Waals surface area contributed by atoms with Gasteiger partial charge < -0.3 is 19.6 Å². The Hall–Kier alpha value is -2.94. The van der Waals surface area contributed by atoms with Crippen molar-refractivity contribution in [1.82, 2.24) is 19.9 Å². The number of pyridine rings is 1. The summed E-state index contributed by atoms with van der Waals surface area (Å²) < 4.78 is 4.90. The molecule has 1 fully saturated rings. The number of nitrogens with one attached hydrogen (secondary N) is 1. The zero-order valence-electron chi connectivity index (χ0n) is 15.6. The van der Waals surface area contributed by atoms with E-state index in [-0.39, 0.29) is 18.4 Å². The standard InChI is InChI=1S/C18H24N6O3/c1-14-11-15(21-27-14)20-17(25)12-22(2)18(26)13-23-7-9-24(10-8-23)16-5-3-4-6-19-16/h3-6,11H,7-10,12-13H2,1-2H3,(H,20,21,25). The number of carbonyl (C=O) groups excluding carboxylic acids is 2. The van der Waals surface area contributed by atoms with Crippen LogP contribution in [0.3, 0.4) is 0 Å². The minimum atomic E-state index is -0.306. The van der Waals surface area contributed by atoms with E-state index in [2.05, 4.69) is 25.3 Å². The Morgan fingerprint density at radius 1 is 1.26 bits per heavy atom. The van der Waals surface area contributed by atoms with Crippen LogP contribution in [0.15, 0.2) is 35.0 Å². The fraction of sp³-hybridized carbons (Fsp3) is 0.444. The van der Waals surface area contributed by atoms with E-state index in [0.29, 0.717) is 18.1 Å². The summed E-state index contributed by atoms with van der Waals surface area (Å²) >= 11 is 0. The second-order valence-electron chi connectivity index (χ2n) is 6.57. The van der Waals surface area contributed by atoms with Gasteiger partial charge in [0.25, 0.3) is 0 Å². The van der Waals surface area contributed by atoms with Crippen LogP contribution in [0, 0.1) is 6.92 Å².